The van der Waals surface area contributed by atoms with Gasteiger partial charge in [-0.2, -0.15) is 4.98 Å². The van der Waals surface area contributed by atoms with Crippen LogP contribution >= 0.6 is 24.8 Å². The van der Waals surface area contributed by atoms with Crippen LogP contribution in [-0.4, -0.2) is 65.1 Å². The Hall–Kier alpha value is -0.890. The van der Waals surface area contributed by atoms with Gasteiger partial charge in [-0.25, -0.2) is 0 Å². The van der Waals surface area contributed by atoms with E-state index in [4.69, 9.17) is 4.52 Å². The van der Waals surface area contributed by atoms with Gasteiger partial charge in [0.05, 0.1) is 6.54 Å². The number of carbonyl (C=O) groups excluding carboxylic acids is 1. The Morgan fingerprint density at radius 1 is 1.19 bits per heavy atom. The molecule has 0 aromatic carbocycles. The van der Waals surface area contributed by atoms with Crippen molar-refractivity contribution in [2.75, 3.05) is 39.3 Å². The van der Waals surface area contributed by atoms with Crippen LogP contribution < -0.4 is 5.32 Å². The summed E-state index contributed by atoms with van der Waals surface area (Å²) in [5, 5.41) is 7.38. The molecule has 0 radical (unpaired) electrons. The van der Waals surface area contributed by atoms with Crippen molar-refractivity contribution in [3.63, 3.8) is 0 Å². The number of aryl methyl sites for hydroxylation is 1. The number of piperidine rings is 1. The fourth-order valence-electron chi connectivity index (χ4n) is 3.51. The largest absolute Gasteiger partial charge is 0.340 e. The number of hydrogen-bond donors (Lipinski definition) is 1. The second-order valence-electron chi connectivity index (χ2n) is 6.85. The maximum atomic E-state index is 12.4. The van der Waals surface area contributed by atoms with Crippen molar-refractivity contribution in [3.8, 4) is 0 Å². The lowest BCUT2D eigenvalue weighted by Gasteiger charge is -2.34. The van der Waals surface area contributed by atoms with Crippen molar-refractivity contribution in [2.24, 2.45) is 5.92 Å². The van der Waals surface area contributed by atoms with Crippen LogP contribution in [0.5, 0.6) is 0 Å². The van der Waals surface area contributed by atoms with Crippen molar-refractivity contribution in [1.29, 1.82) is 0 Å². The minimum absolute atomic E-state index is 0. The predicted molar refractivity (Wildman–Crippen MR) is 105 cm³/mol. The van der Waals surface area contributed by atoms with E-state index < -0.39 is 0 Å². The highest BCUT2D eigenvalue weighted by atomic mass is 35.5. The third-order valence-corrected chi connectivity index (χ3v) is 5.13. The van der Waals surface area contributed by atoms with Gasteiger partial charge in [0, 0.05) is 39.0 Å². The number of nitrogens with zero attached hydrogens (tertiary/aromatic N) is 4. The molecule has 1 N–H and O–H groups in total. The van der Waals surface area contributed by atoms with Crippen molar-refractivity contribution in [1.82, 2.24) is 25.3 Å². The van der Waals surface area contributed by atoms with E-state index in [0.717, 1.165) is 63.9 Å². The number of hydrogen-bond acceptors (Lipinski definition) is 6. The van der Waals surface area contributed by atoms with Gasteiger partial charge in [-0.1, -0.05) is 12.1 Å². The summed E-state index contributed by atoms with van der Waals surface area (Å²) in [7, 11) is 0. The van der Waals surface area contributed by atoms with Gasteiger partial charge in [-0.3, -0.25) is 9.69 Å². The molecule has 2 fully saturated rings. The van der Waals surface area contributed by atoms with Crippen LogP contribution in [0.1, 0.15) is 44.3 Å². The lowest BCUT2D eigenvalue weighted by atomic mass is 9.93. The number of carbonyl (C=O) groups is 1. The Kier molecular flexibility index (Phi) is 10.5. The average Bonchev–Trinajstić information content (AvgIpc) is 3.09. The van der Waals surface area contributed by atoms with Gasteiger partial charge < -0.3 is 14.7 Å². The maximum absolute atomic E-state index is 12.4. The van der Waals surface area contributed by atoms with E-state index in [0.29, 0.717) is 24.8 Å². The van der Waals surface area contributed by atoms with Gasteiger partial charge in [0.1, 0.15) is 0 Å². The number of amides is 1. The Bertz CT molecular complexity index is 529. The fraction of sp³-hybridized carbons (Fsp3) is 0.824. The molecular formula is C17H31Cl2N5O2. The van der Waals surface area contributed by atoms with E-state index in [9.17, 15) is 4.79 Å². The molecule has 0 aliphatic carbocycles. The van der Waals surface area contributed by atoms with E-state index in [1.54, 1.807) is 0 Å². The van der Waals surface area contributed by atoms with Crippen molar-refractivity contribution in [3.05, 3.63) is 11.7 Å². The fourth-order valence-corrected chi connectivity index (χ4v) is 3.51. The van der Waals surface area contributed by atoms with Crippen LogP contribution in [0, 0.1) is 5.92 Å². The van der Waals surface area contributed by atoms with Crippen LogP contribution in [-0.2, 0) is 17.8 Å². The standard InChI is InChI=1S/C17H29N5O2.2ClH/c1-2-16-19-15(20-24-16)13-21-9-11-22(12-10-21)17(23)4-3-14-5-7-18-8-6-14;;/h14,18H,2-13H2,1H3;2*1H. The van der Waals surface area contributed by atoms with Gasteiger partial charge in [0.15, 0.2) is 5.82 Å². The Balaban J connectivity index is 0.00000169. The van der Waals surface area contributed by atoms with Crippen molar-refractivity contribution < 1.29 is 9.32 Å². The smallest absolute Gasteiger partial charge is 0.226 e. The molecule has 2 aliphatic rings. The van der Waals surface area contributed by atoms with Gasteiger partial charge >= 0.3 is 0 Å². The zero-order chi connectivity index (χ0) is 16.8. The number of nitrogens with one attached hydrogen (secondary N) is 1. The lowest BCUT2D eigenvalue weighted by molar-refractivity contribution is -0.133. The average molecular weight is 408 g/mol. The minimum atomic E-state index is 0. The number of aromatic nitrogens is 2. The quantitative estimate of drug-likeness (QED) is 0.775. The van der Waals surface area contributed by atoms with E-state index in [-0.39, 0.29) is 24.8 Å². The molecule has 150 valence electrons. The zero-order valence-electron chi connectivity index (χ0n) is 15.5. The molecule has 3 rings (SSSR count). The van der Waals surface area contributed by atoms with Gasteiger partial charge in [-0.15, -0.1) is 24.8 Å². The first-order valence-electron chi connectivity index (χ1n) is 9.27. The van der Waals surface area contributed by atoms with Crippen LogP contribution in [0.4, 0.5) is 0 Å². The summed E-state index contributed by atoms with van der Waals surface area (Å²) in [6.07, 6.45) is 4.95. The van der Waals surface area contributed by atoms with Crippen LogP contribution in [0.3, 0.4) is 0 Å². The molecule has 0 unspecified atom stereocenters. The van der Waals surface area contributed by atoms with Crippen molar-refractivity contribution >= 4 is 30.7 Å². The summed E-state index contributed by atoms with van der Waals surface area (Å²) >= 11 is 0. The molecule has 1 aromatic heterocycles. The van der Waals surface area contributed by atoms with Gasteiger partial charge in [0.25, 0.3) is 0 Å². The SMILES string of the molecule is CCc1nc(CN2CCN(C(=O)CCC3CCNCC3)CC2)no1.Cl.Cl. The monoisotopic (exact) mass is 407 g/mol. The molecular weight excluding hydrogens is 377 g/mol. The lowest BCUT2D eigenvalue weighted by Crippen LogP contribution is -2.48. The van der Waals surface area contributed by atoms with Crippen LogP contribution in [0.25, 0.3) is 0 Å². The first-order chi connectivity index (χ1) is 11.7. The summed E-state index contributed by atoms with van der Waals surface area (Å²) in [6.45, 7) is 8.31. The van der Waals surface area contributed by atoms with E-state index in [1.165, 1.54) is 12.8 Å². The topological polar surface area (TPSA) is 74.5 Å². The molecule has 0 bridgehead atoms. The minimum Gasteiger partial charge on any atom is -0.340 e. The second-order valence-corrected chi connectivity index (χ2v) is 6.85. The molecule has 3 heterocycles. The zero-order valence-corrected chi connectivity index (χ0v) is 17.1. The molecule has 0 atom stereocenters. The third-order valence-electron chi connectivity index (χ3n) is 5.13. The van der Waals surface area contributed by atoms with E-state index in [2.05, 4.69) is 20.4 Å². The molecule has 2 saturated heterocycles. The molecule has 0 saturated carbocycles. The molecule has 2 aliphatic heterocycles. The first kappa shape index (κ1) is 23.1. The maximum Gasteiger partial charge on any atom is 0.226 e. The summed E-state index contributed by atoms with van der Waals surface area (Å²) in [6, 6.07) is 0. The predicted octanol–water partition coefficient (Wildman–Crippen LogP) is 1.90. The molecule has 1 aromatic rings. The normalized spacial score (nSPS) is 18.9. The van der Waals surface area contributed by atoms with E-state index >= 15 is 0 Å². The highest BCUT2D eigenvalue weighted by Crippen LogP contribution is 2.19. The summed E-state index contributed by atoms with van der Waals surface area (Å²) in [4.78, 5) is 21.1. The van der Waals surface area contributed by atoms with Gasteiger partial charge in [-0.05, 0) is 38.3 Å². The number of halogens is 2. The Labute approximate surface area is 168 Å². The molecule has 1 amide bonds. The summed E-state index contributed by atoms with van der Waals surface area (Å²) < 4.78 is 5.15. The van der Waals surface area contributed by atoms with Gasteiger partial charge in [0.2, 0.25) is 11.8 Å². The first-order valence-corrected chi connectivity index (χ1v) is 9.27. The molecule has 26 heavy (non-hydrogen) atoms. The molecule has 7 nitrogen and oxygen atoms in total. The summed E-state index contributed by atoms with van der Waals surface area (Å²) in [5.74, 6) is 2.48. The van der Waals surface area contributed by atoms with E-state index in [1.807, 2.05) is 11.8 Å². The Morgan fingerprint density at radius 2 is 1.88 bits per heavy atom. The van der Waals surface area contributed by atoms with Crippen LogP contribution in [0.2, 0.25) is 0 Å². The third kappa shape index (κ3) is 6.68. The molecule has 0 spiro atoms. The molecule has 9 heteroatoms. The highest BCUT2D eigenvalue weighted by Gasteiger charge is 2.23. The number of piperazine rings is 1. The second kappa shape index (κ2) is 11.7. The number of rotatable bonds is 6. The highest BCUT2D eigenvalue weighted by molar-refractivity contribution is 5.85. The summed E-state index contributed by atoms with van der Waals surface area (Å²) in [5.41, 5.74) is 0. The van der Waals surface area contributed by atoms with Crippen molar-refractivity contribution in [2.45, 2.75) is 45.6 Å². The van der Waals surface area contributed by atoms with Crippen LogP contribution in [0.15, 0.2) is 4.52 Å². The Morgan fingerprint density at radius 3 is 2.50 bits per heavy atom.